The van der Waals surface area contributed by atoms with E-state index in [1.54, 1.807) is 4.57 Å². The highest BCUT2D eigenvalue weighted by Crippen LogP contribution is 2.30. The minimum atomic E-state index is 0.0291. The molecular weight excluding hydrogens is 310 g/mol. The molecule has 0 saturated carbocycles. The first-order valence-corrected chi connectivity index (χ1v) is 8.75. The molecule has 0 aliphatic heterocycles. The number of ether oxygens (including phenoxy) is 1. The van der Waals surface area contributed by atoms with Crippen molar-refractivity contribution in [1.82, 2.24) is 4.57 Å². The molecule has 3 nitrogen and oxygen atoms in total. The number of aromatic nitrogens is 1. The van der Waals surface area contributed by atoms with Crippen LogP contribution in [-0.2, 0) is 18.4 Å². The minimum Gasteiger partial charge on any atom is -0.376 e. The normalized spacial score (nSPS) is 11.4. The summed E-state index contributed by atoms with van der Waals surface area (Å²) in [5.41, 5.74) is 4.29. The summed E-state index contributed by atoms with van der Waals surface area (Å²) in [7, 11) is 1.85. The van der Waals surface area contributed by atoms with Crippen molar-refractivity contribution >= 4 is 10.8 Å². The fourth-order valence-electron chi connectivity index (χ4n) is 3.27. The van der Waals surface area contributed by atoms with Gasteiger partial charge in [-0.1, -0.05) is 56.3 Å². The largest absolute Gasteiger partial charge is 0.376 e. The Labute approximate surface area is 148 Å². The molecule has 3 rings (SSSR count). The molecule has 0 fully saturated rings. The van der Waals surface area contributed by atoms with E-state index >= 15 is 0 Å². The second-order valence-electron chi connectivity index (χ2n) is 6.96. The zero-order chi connectivity index (χ0) is 18.0. The van der Waals surface area contributed by atoms with Crippen molar-refractivity contribution in [3.8, 4) is 11.3 Å². The lowest BCUT2D eigenvalue weighted by Gasteiger charge is -2.19. The number of aryl methyl sites for hydroxylation is 1. The second-order valence-corrected chi connectivity index (χ2v) is 6.96. The molecule has 0 amide bonds. The molecule has 0 aliphatic carbocycles. The third kappa shape index (κ3) is 3.38. The van der Waals surface area contributed by atoms with Crippen LogP contribution in [0.15, 0.2) is 53.3 Å². The van der Waals surface area contributed by atoms with Crippen molar-refractivity contribution in [2.24, 2.45) is 13.0 Å². The van der Waals surface area contributed by atoms with Crippen LogP contribution in [0, 0.1) is 12.8 Å². The topological polar surface area (TPSA) is 31.2 Å². The Kier molecular flexibility index (Phi) is 5.05. The number of benzene rings is 2. The van der Waals surface area contributed by atoms with Crippen LogP contribution >= 0.6 is 0 Å². The maximum atomic E-state index is 12.9. The van der Waals surface area contributed by atoms with Gasteiger partial charge in [0.05, 0.1) is 12.3 Å². The Morgan fingerprint density at radius 3 is 2.32 bits per heavy atom. The van der Waals surface area contributed by atoms with Crippen LogP contribution < -0.4 is 5.56 Å². The van der Waals surface area contributed by atoms with Gasteiger partial charge in [0.15, 0.2) is 0 Å². The Morgan fingerprint density at radius 2 is 1.64 bits per heavy atom. The first kappa shape index (κ1) is 17.4. The zero-order valence-electron chi connectivity index (χ0n) is 15.4. The highest BCUT2D eigenvalue weighted by molar-refractivity contribution is 5.90. The summed E-state index contributed by atoms with van der Waals surface area (Å²) in [5, 5.41) is 1.72. The van der Waals surface area contributed by atoms with Gasteiger partial charge in [-0.25, -0.2) is 0 Å². The maximum Gasteiger partial charge on any atom is 0.258 e. The van der Waals surface area contributed by atoms with Crippen molar-refractivity contribution in [3.05, 3.63) is 70.0 Å². The summed E-state index contributed by atoms with van der Waals surface area (Å²) in [5.74, 6) is 0.473. The fourth-order valence-corrected chi connectivity index (χ4v) is 3.27. The molecule has 130 valence electrons. The first-order valence-electron chi connectivity index (χ1n) is 8.75. The molecule has 0 atom stereocenters. The summed E-state index contributed by atoms with van der Waals surface area (Å²) in [4.78, 5) is 12.9. The predicted octanol–water partition coefficient (Wildman–Crippen LogP) is 4.69. The van der Waals surface area contributed by atoms with Gasteiger partial charge in [0.25, 0.3) is 5.56 Å². The van der Waals surface area contributed by atoms with Crippen LogP contribution in [0.2, 0.25) is 0 Å². The van der Waals surface area contributed by atoms with Crippen molar-refractivity contribution in [3.63, 3.8) is 0 Å². The zero-order valence-corrected chi connectivity index (χ0v) is 15.4. The maximum absolute atomic E-state index is 12.9. The molecule has 0 radical (unpaired) electrons. The smallest absolute Gasteiger partial charge is 0.258 e. The third-order valence-corrected chi connectivity index (χ3v) is 4.51. The minimum absolute atomic E-state index is 0.0291. The molecule has 3 heteroatoms. The van der Waals surface area contributed by atoms with Crippen LogP contribution in [0.25, 0.3) is 22.0 Å². The van der Waals surface area contributed by atoms with Crippen molar-refractivity contribution in [1.29, 1.82) is 0 Å². The third-order valence-electron chi connectivity index (χ3n) is 4.51. The molecule has 0 N–H and O–H groups in total. The summed E-state index contributed by atoms with van der Waals surface area (Å²) < 4.78 is 7.73. The van der Waals surface area contributed by atoms with E-state index in [1.165, 1.54) is 0 Å². The number of pyridine rings is 1. The summed E-state index contributed by atoms with van der Waals surface area (Å²) >= 11 is 0. The Bertz CT molecular complexity index is 954. The average Bonchev–Trinajstić information content (AvgIpc) is 2.60. The van der Waals surface area contributed by atoms with E-state index in [2.05, 4.69) is 32.9 Å². The lowest BCUT2D eigenvalue weighted by molar-refractivity contribution is 0.0978. The van der Waals surface area contributed by atoms with E-state index in [9.17, 15) is 4.79 Å². The molecule has 1 aromatic heterocycles. The van der Waals surface area contributed by atoms with Crippen LogP contribution in [0.3, 0.4) is 0 Å². The highest BCUT2D eigenvalue weighted by Gasteiger charge is 2.17. The second kappa shape index (κ2) is 7.24. The lowest BCUT2D eigenvalue weighted by atomic mass is 9.97. The van der Waals surface area contributed by atoms with E-state index in [0.717, 1.165) is 33.2 Å². The SMILES string of the molecule is Cc1ccccc1-c1c(COCC(C)C)c2ccccc2c(=O)n1C. The quantitative estimate of drug-likeness (QED) is 0.677. The van der Waals surface area contributed by atoms with Crippen LogP contribution in [0.4, 0.5) is 0 Å². The molecule has 25 heavy (non-hydrogen) atoms. The van der Waals surface area contributed by atoms with Crippen molar-refractivity contribution in [2.75, 3.05) is 6.61 Å². The van der Waals surface area contributed by atoms with Crippen molar-refractivity contribution < 1.29 is 4.74 Å². The number of hydrogen-bond donors (Lipinski definition) is 0. The average molecular weight is 335 g/mol. The number of nitrogens with zero attached hydrogens (tertiary/aromatic N) is 1. The lowest BCUT2D eigenvalue weighted by Crippen LogP contribution is -2.21. The van der Waals surface area contributed by atoms with Gasteiger partial charge in [-0.05, 0) is 29.9 Å². The molecule has 0 bridgehead atoms. The van der Waals surface area contributed by atoms with Gasteiger partial charge in [-0.2, -0.15) is 0 Å². The van der Waals surface area contributed by atoms with Crippen LogP contribution in [-0.4, -0.2) is 11.2 Å². The summed E-state index contributed by atoms with van der Waals surface area (Å²) in [6, 6.07) is 16.0. The number of rotatable bonds is 5. The van der Waals surface area contributed by atoms with Gasteiger partial charge in [0.1, 0.15) is 0 Å². The number of fused-ring (bicyclic) bond motifs is 1. The Morgan fingerprint density at radius 1 is 1.00 bits per heavy atom. The molecule has 0 saturated heterocycles. The highest BCUT2D eigenvalue weighted by atomic mass is 16.5. The molecule has 0 unspecified atom stereocenters. The van der Waals surface area contributed by atoms with Gasteiger partial charge >= 0.3 is 0 Å². The Hall–Kier alpha value is -2.39. The van der Waals surface area contributed by atoms with Gasteiger partial charge in [-0.3, -0.25) is 4.79 Å². The monoisotopic (exact) mass is 335 g/mol. The van der Waals surface area contributed by atoms with Crippen LogP contribution in [0.1, 0.15) is 25.0 Å². The molecule has 2 aromatic carbocycles. The van der Waals surface area contributed by atoms with E-state index < -0.39 is 0 Å². The van der Waals surface area contributed by atoms with E-state index in [4.69, 9.17) is 4.74 Å². The van der Waals surface area contributed by atoms with Gasteiger partial charge in [0.2, 0.25) is 0 Å². The molecular formula is C22H25NO2. The Balaban J connectivity index is 2.28. The van der Waals surface area contributed by atoms with E-state index in [1.807, 2.05) is 43.4 Å². The van der Waals surface area contributed by atoms with Gasteiger partial charge in [0, 0.05) is 30.2 Å². The summed E-state index contributed by atoms with van der Waals surface area (Å²) in [6.45, 7) is 7.55. The molecule has 0 aliphatic rings. The van der Waals surface area contributed by atoms with E-state index in [-0.39, 0.29) is 5.56 Å². The molecule has 1 heterocycles. The molecule has 3 aromatic rings. The molecule has 0 spiro atoms. The van der Waals surface area contributed by atoms with E-state index in [0.29, 0.717) is 19.1 Å². The summed E-state index contributed by atoms with van der Waals surface area (Å²) in [6.07, 6.45) is 0. The van der Waals surface area contributed by atoms with Crippen LogP contribution in [0.5, 0.6) is 0 Å². The number of hydrogen-bond acceptors (Lipinski definition) is 2. The van der Waals surface area contributed by atoms with Gasteiger partial charge in [-0.15, -0.1) is 0 Å². The fraction of sp³-hybridized carbons (Fsp3) is 0.318. The standard InChI is InChI=1S/C22H25NO2/c1-15(2)13-25-14-20-18-11-7-8-12-19(18)22(24)23(4)21(20)17-10-6-5-9-16(17)3/h5-12,15H,13-14H2,1-4H3. The van der Waals surface area contributed by atoms with Crippen molar-refractivity contribution in [2.45, 2.75) is 27.4 Å². The first-order chi connectivity index (χ1) is 12.0. The predicted molar refractivity (Wildman–Crippen MR) is 104 cm³/mol. The van der Waals surface area contributed by atoms with Gasteiger partial charge < -0.3 is 9.30 Å².